The summed E-state index contributed by atoms with van der Waals surface area (Å²) in [5, 5.41) is 12.7. The van der Waals surface area contributed by atoms with Gasteiger partial charge in [0.1, 0.15) is 5.69 Å². The Morgan fingerprint density at radius 1 is 0.944 bits per heavy atom. The summed E-state index contributed by atoms with van der Waals surface area (Å²) in [7, 11) is 0. The summed E-state index contributed by atoms with van der Waals surface area (Å²) in [5.74, 6) is 0.277. The zero-order valence-electron chi connectivity index (χ0n) is 19.9. The lowest BCUT2D eigenvalue weighted by atomic mass is 10.0. The van der Waals surface area contributed by atoms with Crippen LogP contribution in [0.4, 0.5) is 5.69 Å². The molecule has 178 valence electrons. The maximum absolute atomic E-state index is 12.2. The second-order valence-electron chi connectivity index (χ2n) is 9.28. The van der Waals surface area contributed by atoms with Gasteiger partial charge in [0.25, 0.3) is 0 Å². The highest BCUT2D eigenvalue weighted by Crippen LogP contribution is 2.35. The van der Waals surface area contributed by atoms with E-state index in [-0.39, 0.29) is 5.91 Å². The fraction of sp³-hybridized carbons (Fsp3) is 0.143. The largest absolute Gasteiger partial charge is 0.472 e. The number of amides is 1. The molecule has 1 amide bonds. The van der Waals surface area contributed by atoms with Gasteiger partial charge in [-0.3, -0.25) is 19.9 Å². The SMILES string of the molecule is CC(C)CC(=O)Nc1cncc(-c2ccc3[nH]nc(-c4cc5c(-c6ccoc6)cncc5[nH]4)c3c2)c1. The van der Waals surface area contributed by atoms with Gasteiger partial charge in [0.2, 0.25) is 5.91 Å². The number of carbonyl (C=O) groups is 1. The number of hydrogen-bond acceptors (Lipinski definition) is 5. The van der Waals surface area contributed by atoms with Crippen LogP contribution in [0, 0.1) is 5.92 Å². The number of carbonyl (C=O) groups excluding carboxylic acids is 1. The topological polar surface area (TPSA) is 112 Å². The number of aromatic amines is 2. The van der Waals surface area contributed by atoms with Crippen molar-refractivity contribution in [2.75, 3.05) is 5.32 Å². The van der Waals surface area contributed by atoms with Crippen LogP contribution in [-0.2, 0) is 4.79 Å². The third-order valence-corrected chi connectivity index (χ3v) is 6.14. The monoisotopic (exact) mass is 476 g/mol. The van der Waals surface area contributed by atoms with Crippen molar-refractivity contribution in [3.05, 3.63) is 73.7 Å². The summed E-state index contributed by atoms with van der Waals surface area (Å²) >= 11 is 0. The van der Waals surface area contributed by atoms with E-state index in [0.29, 0.717) is 18.0 Å². The highest BCUT2D eigenvalue weighted by atomic mass is 16.3. The lowest BCUT2D eigenvalue weighted by Gasteiger charge is -2.09. The molecule has 0 aliphatic carbocycles. The fourth-order valence-corrected chi connectivity index (χ4v) is 4.47. The van der Waals surface area contributed by atoms with Gasteiger partial charge in [-0.05, 0) is 41.8 Å². The van der Waals surface area contributed by atoms with Crippen LogP contribution in [-0.4, -0.2) is 31.1 Å². The van der Waals surface area contributed by atoms with Crippen molar-refractivity contribution < 1.29 is 9.21 Å². The summed E-state index contributed by atoms with van der Waals surface area (Å²) in [5.41, 5.74) is 8.09. The second kappa shape index (κ2) is 8.81. The highest BCUT2D eigenvalue weighted by Gasteiger charge is 2.15. The third kappa shape index (κ3) is 4.02. The molecule has 0 atom stereocenters. The Bertz CT molecular complexity index is 1690. The van der Waals surface area contributed by atoms with E-state index >= 15 is 0 Å². The third-order valence-electron chi connectivity index (χ3n) is 6.14. The Hall–Kier alpha value is -4.72. The molecule has 0 bridgehead atoms. The van der Waals surface area contributed by atoms with Gasteiger partial charge < -0.3 is 14.7 Å². The van der Waals surface area contributed by atoms with Gasteiger partial charge in [-0.2, -0.15) is 5.10 Å². The van der Waals surface area contributed by atoms with Gasteiger partial charge >= 0.3 is 0 Å². The number of nitrogens with one attached hydrogen (secondary N) is 3. The number of nitrogens with zero attached hydrogens (tertiary/aromatic N) is 3. The lowest BCUT2D eigenvalue weighted by Crippen LogP contribution is -2.13. The number of pyridine rings is 2. The Labute approximate surface area is 206 Å². The molecule has 36 heavy (non-hydrogen) atoms. The quantitative estimate of drug-likeness (QED) is 0.257. The van der Waals surface area contributed by atoms with Crippen LogP contribution in [0.1, 0.15) is 20.3 Å². The van der Waals surface area contributed by atoms with Crippen molar-refractivity contribution in [2.45, 2.75) is 20.3 Å². The molecule has 0 aliphatic heterocycles. The molecule has 0 saturated heterocycles. The summed E-state index contributed by atoms with van der Waals surface area (Å²) in [6.07, 6.45) is 11.0. The van der Waals surface area contributed by atoms with Crippen molar-refractivity contribution in [2.24, 2.45) is 5.92 Å². The van der Waals surface area contributed by atoms with Crippen LogP contribution < -0.4 is 5.32 Å². The number of fused-ring (bicyclic) bond motifs is 2. The molecule has 0 fully saturated rings. The smallest absolute Gasteiger partial charge is 0.224 e. The molecule has 6 aromatic rings. The van der Waals surface area contributed by atoms with Crippen molar-refractivity contribution in [1.29, 1.82) is 0 Å². The predicted octanol–water partition coefficient (Wildman–Crippen LogP) is 6.41. The first kappa shape index (κ1) is 21.8. The summed E-state index contributed by atoms with van der Waals surface area (Å²) in [6.45, 7) is 4.04. The number of aromatic nitrogens is 5. The predicted molar refractivity (Wildman–Crippen MR) is 140 cm³/mol. The molecule has 0 spiro atoms. The molecule has 3 N–H and O–H groups in total. The van der Waals surface area contributed by atoms with E-state index in [4.69, 9.17) is 4.42 Å². The molecule has 0 radical (unpaired) electrons. The zero-order valence-corrected chi connectivity index (χ0v) is 19.9. The average molecular weight is 477 g/mol. The summed E-state index contributed by atoms with van der Waals surface area (Å²) in [4.78, 5) is 24.4. The molecule has 5 heterocycles. The molecule has 8 nitrogen and oxygen atoms in total. The number of anilines is 1. The van der Waals surface area contributed by atoms with E-state index in [9.17, 15) is 4.79 Å². The fourth-order valence-electron chi connectivity index (χ4n) is 4.47. The Balaban J connectivity index is 1.38. The van der Waals surface area contributed by atoms with Gasteiger partial charge in [-0.1, -0.05) is 19.9 Å². The van der Waals surface area contributed by atoms with Gasteiger partial charge in [0.15, 0.2) is 0 Å². The molecule has 1 aromatic carbocycles. The van der Waals surface area contributed by atoms with Crippen LogP contribution in [0.15, 0.2) is 78.1 Å². The van der Waals surface area contributed by atoms with E-state index in [2.05, 4.69) is 42.6 Å². The minimum absolute atomic E-state index is 0.0142. The lowest BCUT2D eigenvalue weighted by molar-refractivity contribution is -0.116. The highest BCUT2D eigenvalue weighted by molar-refractivity contribution is 6.01. The first-order chi connectivity index (χ1) is 17.5. The molecule has 5 aromatic heterocycles. The van der Waals surface area contributed by atoms with E-state index < -0.39 is 0 Å². The van der Waals surface area contributed by atoms with E-state index in [0.717, 1.165) is 55.4 Å². The molecule has 6 rings (SSSR count). The van der Waals surface area contributed by atoms with E-state index in [1.165, 1.54) is 0 Å². The van der Waals surface area contributed by atoms with Gasteiger partial charge in [0.05, 0.1) is 47.3 Å². The standard InChI is InChI=1S/C28H24N6O2/c1-16(2)7-27(35)31-20-8-19(11-29-12-20)17-3-4-24-22(9-17)28(34-33-24)25-10-21-23(18-5-6-36-15-18)13-30-14-26(21)32-25/h3-6,8-16,32H,7H2,1-2H3,(H,31,35)(H,33,34). The van der Waals surface area contributed by atoms with Crippen molar-refractivity contribution >= 4 is 33.4 Å². The normalized spacial score (nSPS) is 11.5. The first-order valence-corrected chi connectivity index (χ1v) is 11.8. The maximum atomic E-state index is 12.2. The molecular weight excluding hydrogens is 452 g/mol. The van der Waals surface area contributed by atoms with Crippen LogP contribution >= 0.6 is 0 Å². The van der Waals surface area contributed by atoms with Gasteiger partial charge in [0, 0.05) is 46.3 Å². The number of benzene rings is 1. The first-order valence-electron chi connectivity index (χ1n) is 11.8. The van der Waals surface area contributed by atoms with Gasteiger partial charge in [-0.15, -0.1) is 0 Å². The Morgan fingerprint density at radius 3 is 2.67 bits per heavy atom. The summed E-state index contributed by atoms with van der Waals surface area (Å²) in [6, 6.07) is 12.1. The molecule has 0 saturated carbocycles. The maximum Gasteiger partial charge on any atom is 0.224 e. The van der Waals surface area contributed by atoms with Crippen LogP contribution in [0.25, 0.3) is 55.4 Å². The second-order valence-corrected chi connectivity index (χ2v) is 9.28. The van der Waals surface area contributed by atoms with E-state index in [1.54, 1.807) is 24.9 Å². The van der Waals surface area contributed by atoms with Crippen LogP contribution in [0.5, 0.6) is 0 Å². The number of hydrogen-bond donors (Lipinski definition) is 3. The number of H-pyrrole nitrogens is 2. The number of furan rings is 1. The Morgan fingerprint density at radius 2 is 1.83 bits per heavy atom. The van der Waals surface area contributed by atoms with Crippen LogP contribution in [0.3, 0.4) is 0 Å². The number of rotatable bonds is 6. The Kier molecular flexibility index (Phi) is 5.33. The average Bonchev–Trinajstić information content (AvgIpc) is 3.62. The summed E-state index contributed by atoms with van der Waals surface area (Å²) < 4.78 is 5.27. The molecular formula is C28H24N6O2. The van der Waals surface area contributed by atoms with Crippen molar-refractivity contribution in [1.82, 2.24) is 25.1 Å². The minimum atomic E-state index is -0.0142. The molecule has 0 unspecified atom stereocenters. The zero-order chi connectivity index (χ0) is 24.6. The van der Waals surface area contributed by atoms with Gasteiger partial charge in [-0.25, -0.2) is 0 Å². The van der Waals surface area contributed by atoms with Crippen molar-refractivity contribution in [3.8, 4) is 33.6 Å². The van der Waals surface area contributed by atoms with E-state index in [1.807, 2.05) is 50.5 Å². The molecule has 0 aliphatic rings. The van der Waals surface area contributed by atoms with Crippen molar-refractivity contribution in [3.63, 3.8) is 0 Å². The van der Waals surface area contributed by atoms with Crippen LogP contribution in [0.2, 0.25) is 0 Å². The molecule has 8 heteroatoms. The minimum Gasteiger partial charge on any atom is -0.472 e.